The second-order valence-electron chi connectivity index (χ2n) is 7.91. The molecular formula is C21H28N4O9. The van der Waals surface area contributed by atoms with Gasteiger partial charge in [0.05, 0.1) is 13.0 Å². The average Bonchev–Trinajstić information content (AvgIpc) is 3.28. The molecule has 2 rings (SSSR count). The molecule has 0 spiro atoms. The number of carboxylic acids is 2. The van der Waals surface area contributed by atoms with Gasteiger partial charge < -0.3 is 41.7 Å². The van der Waals surface area contributed by atoms with Crippen LogP contribution < -0.4 is 16.4 Å². The van der Waals surface area contributed by atoms with Crippen LogP contribution in [0.1, 0.15) is 24.8 Å². The summed E-state index contributed by atoms with van der Waals surface area (Å²) in [5.74, 6) is -5.17. The summed E-state index contributed by atoms with van der Waals surface area (Å²) in [6, 6.07) is 0.528. The largest absolute Gasteiger partial charge is 0.508 e. The van der Waals surface area contributed by atoms with Crippen LogP contribution in [0.25, 0.3) is 0 Å². The zero-order valence-corrected chi connectivity index (χ0v) is 18.2. The van der Waals surface area contributed by atoms with Gasteiger partial charge in [-0.25, -0.2) is 4.79 Å². The molecule has 1 aliphatic rings. The van der Waals surface area contributed by atoms with Gasteiger partial charge in [-0.1, -0.05) is 12.1 Å². The molecule has 0 bridgehead atoms. The van der Waals surface area contributed by atoms with Crippen molar-refractivity contribution in [2.45, 2.75) is 49.9 Å². The SMILES string of the molecule is NC(CO)C(=O)NC(CC(=O)O)C(=O)N1CCCC1C(=O)NC(Cc1ccc(O)cc1)C(=O)O. The summed E-state index contributed by atoms with van der Waals surface area (Å²) in [5, 5.41) is 41.6. The molecule has 0 radical (unpaired) electrons. The van der Waals surface area contributed by atoms with Gasteiger partial charge in [-0.05, 0) is 30.5 Å². The van der Waals surface area contributed by atoms with Crippen LogP contribution in [0.5, 0.6) is 5.75 Å². The maximum Gasteiger partial charge on any atom is 0.326 e. The smallest absolute Gasteiger partial charge is 0.326 e. The predicted molar refractivity (Wildman–Crippen MR) is 115 cm³/mol. The number of amides is 3. The maximum atomic E-state index is 13.0. The van der Waals surface area contributed by atoms with Crippen molar-refractivity contribution in [1.29, 1.82) is 0 Å². The number of aliphatic hydroxyl groups excluding tert-OH is 1. The van der Waals surface area contributed by atoms with Crippen molar-refractivity contribution in [3.05, 3.63) is 29.8 Å². The first-order valence-electron chi connectivity index (χ1n) is 10.5. The van der Waals surface area contributed by atoms with Gasteiger partial charge in [-0.15, -0.1) is 0 Å². The molecule has 186 valence electrons. The number of nitrogens with two attached hydrogens (primary N) is 1. The summed E-state index contributed by atoms with van der Waals surface area (Å²) in [4.78, 5) is 61.9. The minimum Gasteiger partial charge on any atom is -0.508 e. The Labute approximate surface area is 194 Å². The number of aliphatic hydroxyl groups is 1. The third kappa shape index (κ3) is 7.15. The van der Waals surface area contributed by atoms with Crippen LogP contribution >= 0.6 is 0 Å². The highest BCUT2D eigenvalue weighted by atomic mass is 16.4. The summed E-state index contributed by atoms with van der Waals surface area (Å²) >= 11 is 0. The summed E-state index contributed by atoms with van der Waals surface area (Å²) < 4.78 is 0. The first-order chi connectivity index (χ1) is 16.0. The number of nitrogens with one attached hydrogen (secondary N) is 2. The van der Waals surface area contributed by atoms with E-state index in [1.165, 1.54) is 24.3 Å². The van der Waals surface area contributed by atoms with Gasteiger partial charge in [0.25, 0.3) is 0 Å². The Morgan fingerprint density at radius 3 is 2.26 bits per heavy atom. The van der Waals surface area contributed by atoms with Crippen molar-refractivity contribution in [2.24, 2.45) is 5.73 Å². The predicted octanol–water partition coefficient (Wildman–Crippen LogP) is -2.23. The Hall–Kier alpha value is -3.71. The molecule has 0 saturated carbocycles. The average molecular weight is 480 g/mol. The second-order valence-corrected chi connectivity index (χ2v) is 7.91. The Kier molecular flexibility index (Phi) is 9.33. The number of phenolic OH excluding ortho intramolecular Hbond substituents is 1. The highest BCUT2D eigenvalue weighted by molar-refractivity contribution is 5.96. The van der Waals surface area contributed by atoms with Gasteiger partial charge in [0.2, 0.25) is 17.7 Å². The highest BCUT2D eigenvalue weighted by Gasteiger charge is 2.39. The van der Waals surface area contributed by atoms with Crippen molar-refractivity contribution in [3.8, 4) is 5.75 Å². The van der Waals surface area contributed by atoms with E-state index in [-0.39, 0.29) is 25.1 Å². The Bertz CT molecular complexity index is 921. The van der Waals surface area contributed by atoms with Gasteiger partial charge in [-0.3, -0.25) is 19.2 Å². The summed E-state index contributed by atoms with van der Waals surface area (Å²) in [5.41, 5.74) is 5.96. The van der Waals surface area contributed by atoms with Crippen LogP contribution in [-0.4, -0.2) is 92.3 Å². The number of carbonyl (C=O) groups is 5. The van der Waals surface area contributed by atoms with Crippen LogP contribution in [0, 0.1) is 0 Å². The van der Waals surface area contributed by atoms with E-state index in [1.54, 1.807) is 0 Å². The molecule has 0 aromatic heterocycles. The highest BCUT2D eigenvalue weighted by Crippen LogP contribution is 2.20. The first-order valence-corrected chi connectivity index (χ1v) is 10.5. The fourth-order valence-electron chi connectivity index (χ4n) is 3.58. The van der Waals surface area contributed by atoms with E-state index < -0.39 is 66.9 Å². The normalized spacial score (nSPS) is 17.9. The molecule has 4 atom stereocenters. The Morgan fingerprint density at radius 1 is 1.06 bits per heavy atom. The number of benzene rings is 1. The van der Waals surface area contributed by atoms with Crippen LogP contribution in [0.3, 0.4) is 0 Å². The van der Waals surface area contributed by atoms with Crippen molar-refractivity contribution < 1.29 is 44.4 Å². The lowest BCUT2D eigenvalue weighted by molar-refractivity contribution is -0.147. The van der Waals surface area contributed by atoms with Gasteiger partial charge in [0.15, 0.2) is 0 Å². The number of hydrogen-bond acceptors (Lipinski definition) is 8. The van der Waals surface area contributed by atoms with E-state index in [2.05, 4.69) is 10.6 Å². The number of aliphatic carboxylic acids is 2. The third-order valence-electron chi connectivity index (χ3n) is 5.36. The van der Waals surface area contributed by atoms with Gasteiger partial charge in [0, 0.05) is 13.0 Å². The number of aromatic hydroxyl groups is 1. The zero-order valence-electron chi connectivity index (χ0n) is 18.2. The van der Waals surface area contributed by atoms with Crippen LogP contribution in [-0.2, 0) is 30.4 Å². The van der Waals surface area contributed by atoms with E-state index in [1.807, 2.05) is 0 Å². The first kappa shape index (κ1) is 26.5. The zero-order chi connectivity index (χ0) is 25.4. The monoisotopic (exact) mass is 480 g/mol. The van der Waals surface area contributed by atoms with E-state index >= 15 is 0 Å². The van der Waals surface area contributed by atoms with Gasteiger partial charge in [0.1, 0.15) is 29.9 Å². The molecule has 1 aromatic rings. The topological polar surface area (TPSA) is 220 Å². The number of carbonyl (C=O) groups excluding carboxylic acids is 3. The molecule has 1 aromatic carbocycles. The minimum absolute atomic E-state index is 0.00252. The molecule has 1 aliphatic heterocycles. The molecule has 13 heteroatoms. The van der Waals surface area contributed by atoms with E-state index in [4.69, 9.17) is 15.9 Å². The quantitative estimate of drug-likeness (QED) is 0.181. The molecule has 0 aliphatic carbocycles. The lowest BCUT2D eigenvalue weighted by Gasteiger charge is -2.29. The van der Waals surface area contributed by atoms with E-state index in [0.29, 0.717) is 12.0 Å². The van der Waals surface area contributed by atoms with Crippen molar-refractivity contribution in [3.63, 3.8) is 0 Å². The van der Waals surface area contributed by atoms with Crippen molar-refractivity contribution in [1.82, 2.24) is 15.5 Å². The number of likely N-dealkylation sites (tertiary alicyclic amines) is 1. The molecule has 1 fully saturated rings. The molecule has 1 heterocycles. The molecule has 8 N–H and O–H groups in total. The van der Waals surface area contributed by atoms with E-state index in [0.717, 1.165) is 4.90 Å². The molecule has 34 heavy (non-hydrogen) atoms. The van der Waals surface area contributed by atoms with Crippen LogP contribution in [0.4, 0.5) is 0 Å². The second kappa shape index (κ2) is 12.0. The third-order valence-corrected chi connectivity index (χ3v) is 5.36. The van der Waals surface area contributed by atoms with Crippen LogP contribution in [0.15, 0.2) is 24.3 Å². The van der Waals surface area contributed by atoms with Crippen LogP contribution in [0.2, 0.25) is 0 Å². The molecular weight excluding hydrogens is 452 g/mol. The Morgan fingerprint density at radius 2 is 1.71 bits per heavy atom. The van der Waals surface area contributed by atoms with Gasteiger partial charge >= 0.3 is 11.9 Å². The number of rotatable bonds is 11. The van der Waals surface area contributed by atoms with Crippen molar-refractivity contribution in [2.75, 3.05) is 13.2 Å². The van der Waals surface area contributed by atoms with E-state index in [9.17, 15) is 34.2 Å². The molecule has 1 saturated heterocycles. The number of carboxylic acid groups (broad SMARTS) is 2. The molecule has 4 unspecified atom stereocenters. The summed E-state index contributed by atoms with van der Waals surface area (Å²) in [6.45, 7) is -0.614. The maximum absolute atomic E-state index is 13.0. The summed E-state index contributed by atoms with van der Waals surface area (Å²) in [6.07, 6.45) is -0.221. The lowest BCUT2D eigenvalue weighted by atomic mass is 10.0. The summed E-state index contributed by atoms with van der Waals surface area (Å²) in [7, 11) is 0. The molecule has 13 nitrogen and oxygen atoms in total. The van der Waals surface area contributed by atoms with Crippen molar-refractivity contribution >= 4 is 29.7 Å². The molecule has 3 amide bonds. The fourth-order valence-corrected chi connectivity index (χ4v) is 3.58. The van der Waals surface area contributed by atoms with Gasteiger partial charge in [-0.2, -0.15) is 0 Å². The minimum atomic E-state index is -1.52. The number of hydrogen-bond donors (Lipinski definition) is 7. The lowest BCUT2D eigenvalue weighted by Crippen LogP contribution is -2.57. The fraction of sp³-hybridized carbons (Fsp3) is 0.476. The standard InChI is InChI=1S/C21H28N4O9/c22-13(10-26)18(30)23-14(9-17(28)29)20(32)25-7-1-2-16(25)19(31)24-15(21(33)34)8-11-3-5-12(27)6-4-11/h3-6,13-16,26-27H,1-2,7-10,22H2,(H,23,30)(H,24,31)(H,28,29)(H,33,34). The Balaban J connectivity index is 2.13. The number of nitrogens with zero attached hydrogens (tertiary/aromatic N) is 1. The number of phenols is 1.